The van der Waals surface area contributed by atoms with E-state index in [1.165, 1.54) is 0 Å². The van der Waals surface area contributed by atoms with Crippen LogP contribution < -0.4 is 20.5 Å². The van der Waals surface area contributed by atoms with Gasteiger partial charge in [0.25, 0.3) is 0 Å². The van der Waals surface area contributed by atoms with Crippen molar-refractivity contribution in [3.05, 3.63) is 59.4 Å². The van der Waals surface area contributed by atoms with Crippen LogP contribution >= 0.6 is 0 Å². The smallest absolute Gasteiger partial charge is 0.232 e. The first-order valence-electron chi connectivity index (χ1n) is 8.97. The summed E-state index contributed by atoms with van der Waals surface area (Å²) >= 11 is 0. The summed E-state index contributed by atoms with van der Waals surface area (Å²) in [4.78, 5) is 15.1. The van der Waals surface area contributed by atoms with E-state index in [0.717, 1.165) is 28.3 Å². The van der Waals surface area contributed by atoms with Crippen molar-refractivity contribution in [3.8, 4) is 11.5 Å². The highest BCUT2D eigenvalue weighted by Gasteiger charge is 2.14. The van der Waals surface area contributed by atoms with Crippen LogP contribution in [0.3, 0.4) is 0 Å². The predicted octanol–water partition coefficient (Wildman–Crippen LogP) is 2.87. The summed E-state index contributed by atoms with van der Waals surface area (Å²) in [6.07, 6.45) is 0. The van der Waals surface area contributed by atoms with Crippen molar-refractivity contribution in [2.24, 2.45) is 0 Å². The highest BCUT2D eigenvalue weighted by Crippen LogP contribution is 2.32. The molecule has 0 amide bonds. The van der Waals surface area contributed by atoms with Gasteiger partial charge < -0.3 is 20.5 Å². The molecule has 0 radical (unpaired) electrons. The first-order chi connectivity index (χ1) is 13.6. The quantitative estimate of drug-likeness (QED) is 0.676. The number of aromatic nitrogens is 3. The van der Waals surface area contributed by atoms with Crippen molar-refractivity contribution in [2.75, 3.05) is 24.9 Å². The molecule has 0 saturated heterocycles. The number of aryl methyl sites for hydroxylation is 1. The lowest BCUT2D eigenvalue weighted by atomic mass is 10.2. The Balaban J connectivity index is 1.45. The third-order valence-corrected chi connectivity index (χ3v) is 4.39. The van der Waals surface area contributed by atoms with Gasteiger partial charge in [-0.1, -0.05) is 24.3 Å². The maximum atomic E-state index is 5.89. The molecular weight excluding hydrogens is 356 g/mol. The van der Waals surface area contributed by atoms with E-state index < -0.39 is 0 Å². The van der Waals surface area contributed by atoms with Gasteiger partial charge in [0, 0.05) is 12.2 Å². The minimum Gasteiger partial charge on any atom is -0.454 e. The zero-order chi connectivity index (χ0) is 19.5. The highest BCUT2D eigenvalue weighted by molar-refractivity contribution is 5.58. The van der Waals surface area contributed by atoms with Crippen LogP contribution in [0.25, 0.3) is 0 Å². The number of nitrogens with zero attached hydrogens (tertiary/aromatic N) is 4. The number of anilines is 3. The maximum Gasteiger partial charge on any atom is 0.232 e. The van der Waals surface area contributed by atoms with Crippen LogP contribution in [0.15, 0.2) is 42.5 Å². The Morgan fingerprint density at radius 3 is 2.71 bits per heavy atom. The molecular formula is C20H22N6O2. The number of hydrogen-bond donors (Lipinski definition) is 2. The van der Waals surface area contributed by atoms with Crippen LogP contribution in [0.5, 0.6) is 11.5 Å². The van der Waals surface area contributed by atoms with Crippen LogP contribution in [0.2, 0.25) is 0 Å². The van der Waals surface area contributed by atoms with Crippen LogP contribution in [0, 0.1) is 6.92 Å². The Bertz CT molecular complexity index is 994. The third-order valence-electron chi connectivity index (χ3n) is 4.39. The molecule has 0 atom stereocenters. The summed E-state index contributed by atoms with van der Waals surface area (Å²) in [5.41, 5.74) is 9.05. The van der Waals surface area contributed by atoms with Gasteiger partial charge in [-0.05, 0) is 43.3 Å². The van der Waals surface area contributed by atoms with Gasteiger partial charge in [0.2, 0.25) is 18.7 Å². The number of nitrogen functional groups attached to an aromatic ring is 1. The van der Waals surface area contributed by atoms with Crippen molar-refractivity contribution >= 4 is 17.6 Å². The van der Waals surface area contributed by atoms with Gasteiger partial charge in [-0.2, -0.15) is 15.0 Å². The number of fused-ring (bicyclic) bond motifs is 1. The van der Waals surface area contributed by atoms with Crippen molar-refractivity contribution in [1.29, 1.82) is 0 Å². The van der Waals surface area contributed by atoms with Gasteiger partial charge in [0.1, 0.15) is 5.82 Å². The number of nitrogens with two attached hydrogens (primary N) is 1. The Morgan fingerprint density at radius 2 is 1.86 bits per heavy atom. The molecule has 1 aliphatic heterocycles. The lowest BCUT2D eigenvalue weighted by Gasteiger charge is -2.17. The molecule has 3 aromatic rings. The first kappa shape index (κ1) is 18.0. The van der Waals surface area contributed by atoms with Crippen molar-refractivity contribution < 1.29 is 9.47 Å². The lowest BCUT2D eigenvalue weighted by molar-refractivity contribution is 0.174. The van der Waals surface area contributed by atoms with E-state index in [1.807, 2.05) is 56.4 Å². The van der Waals surface area contributed by atoms with E-state index in [-0.39, 0.29) is 12.7 Å². The van der Waals surface area contributed by atoms with Crippen molar-refractivity contribution in [3.63, 3.8) is 0 Å². The van der Waals surface area contributed by atoms with Crippen LogP contribution in [0.1, 0.15) is 17.0 Å². The molecule has 2 heterocycles. The second-order valence-corrected chi connectivity index (χ2v) is 6.73. The number of ether oxygens (including phenoxy) is 2. The van der Waals surface area contributed by atoms with Crippen molar-refractivity contribution in [1.82, 2.24) is 19.9 Å². The Hall–Kier alpha value is -3.39. The number of nitrogens with one attached hydrogen (secondary N) is 1. The molecule has 0 spiro atoms. The standard InChI is InChI=1S/C20H22N6O2/c1-13-5-3-4-6-15(13)22-20-24-18(23-19(21)25-20)11-26(2)10-14-7-8-16-17(9-14)28-12-27-16/h3-9H,10-12H2,1-2H3,(H3,21,22,23,24,25). The van der Waals surface area contributed by atoms with E-state index in [2.05, 4.69) is 25.2 Å². The largest absolute Gasteiger partial charge is 0.454 e. The molecule has 3 N–H and O–H groups in total. The monoisotopic (exact) mass is 378 g/mol. The lowest BCUT2D eigenvalue weighted by Crippen LogP contribution is -2.20. The zero-order valence-electron chi connectivity index (χ0n) is 15.8. The topological polar surface area (TPSA) is 98.4 Å². The Kier molecular flexibility index (Phi) is 4.94. The summed E-state index contributed by atoms with van der Waals surface area (Å²) in [6.45, 7) is 3.54. The van der Waals surface area contributed by atoms with Crippen LogP contribution in [-0.4, -0.2) is 33.7 Å². The van der Waals surface area contributed by atoms with Crippen molar-refractivity contribution in [2.45, 2.75) is 20.0 Å². The summed E-state index contributed by atoms with van der Waals surface area (Å²) in [7, 11) is 2.00. The first-order valence-corrected chi connectivity index (χ1v) is 8.97. The summed E-state index contributed by atoms with van der Waals surface area (Å²) in [5.74, 6) is 2.79. The van der Waals surface area contributed by atoms with E-state index >= 15 is 0 Å². The fraction of sp³-hybridized carbons (Fsp3) is 0.250. The molecule has 0 fully saturated rings. The average Bonchev–Trinajstić information content (AvgIpc) is 3.11. The van der Waals surface area contributed by atoms with Crippen LogP contribution in [0.4, 0.5) is 17.6 Å². The van der Waals surface area contributed by atoms with Gasteiger partial charge in [-0.3, -0.25) is 4.90 Å². The number of hydrogen-bond acceptors (Lipinski definition) is 8. The number of rotatable bonds is 6. The molecule has 2 aromatic carbocycles. The van der Waals surface area contributed by atoms with Gasteiger partial charge >= 0.3 is 0 Å². The zero-order valence-corrected chi connectivity index (χ0v) is 15.8. The molecule has 1 aromatic heterocycles. The average molecular weight is 378 g/mol. The minimum atomic E-state index is 0.192. The number of para-hydroxylation sites is 1. The molecule has 144 valence electrons. The van der Waals surface area contributed by atoms with Gasteiger partial charge in [0.15, 0.2) is 11.5 Å². The SMILES string of the molecule is Cc1ccccc1Nc1nc(N)nc(CN(C)Cc2ccc3c(c2)OCO3)n1. The molecule has 0 saturated carbocycles. The summed E-state index contributed by atoms with van der Waals surface area (Å²) in [5, 5.41) is 3.21. The highest BCUT2D eigenvalue weighted by atomic mass is 16.7. The van der Waals surface area contributed by atoms with Gasteiger partial charge in [-0.25, -0.2) is 0 Å². The van der Waals surface area contributed by atoms with E-state index in [0.29, 0.717) is 24.9 Å². The van der Waals surface area contributed by atoms with E-state index in [4.69, 9.17) is 15.2 Å². The fourth-order valence-electron chi connectivity index (χ4n) is 3.05. The predicted molar refractivity (Wildman–Crippen MR) is 106 cm³/mol. The number of benzene rings is 2. The minimum absolute atomic E-state index is 0.192. The molecule has 0 aliphatic carbocycles. The van der Waals surface area contributed by atoms with E-state index in [9.17, 15) is 0 Å². The molecule has 28 heavy (non-hydrogen) atoms. The molecule has 0 bridgehead atoms. The van der Waals surface area contributed by atoms with Crippen LogP contribution in [-0.2, 0) is 13.1 Å². The molecule has 1 aliphatic rings. The molecule has 0 unspecified atom stereocenters. The second-order valence-electron chi connectivity index (χ2n) is 6.73. The van der Waals surface area contributed by atoms with Gasteiger partial charge in [-0.15, -0.1) is 0 Å². The molecule has 8 heteroatoms. The normalized spacial score (nSPS) is 12.4. The fourth-order valence-corrected chi connectivity index (χ4v) is 3.05. The molecule has 8 nitrogen and oxygen atoms in total. The molecule has 4 rings (SSSR count). The second kappa shape index (κ2) is 7.69. The Morgan fingerprint density at radius 1 is 1.04 bits per heavy atom. The van der Waals surface area contributed by atoms with E-state index in [1.54, 1.807) is 0 Å². The summed E-state index contributed by atoms with van der Waals surface area (Å²) < 4.78 is 10.8. The maximum absolute atomic E-state index is 5.89. The third kappa shape index (κ3) is 4.12. The summed E-state index contributed by atoms with van der Waals surface area (Å²) in [6, 6.07) is 13.9. The Labute approximate surface area is 163 Å². The van der Waals surface area contributed by atoms with Gasteiger partial charge in [0.05, 0.1) is 6.54 Å².